The van der Waals surface area contributed by atoms with Crippen LogP contribution in [0.1, 0.15) is 37.5 Å². The Morgan fingerprint density at radius 3 is 1.34 bits per heavy atom. The summed E-state index contributed by atoms with van der Waals surface area (Å²) in [5, 5.41) is 26.2. The van der Waals surface area contributed by atoms with Crippen molar-refractivity contribution in [2.24, 2.45) is 0 Å². The van der Waals surface area contributed by atoms with Crippen LogP contribution >= 0.6 is 0 Å². The van der Waals surface area contributed by atoms with Gasteiger partial charge in [0.25, 0.3) is 0 Å². The van der Waals surface area contributed by atoms with E-state index in [9.17, 15) is 15.0 Å². The van der Waals surface area contributed by atoms with Crippen LogP contribution in [0.15, 0.2) is 91.0 Å². The molecule has 2 unspecified atom stereocenters. The third-order valence-electron chi connectivity index (χ3n) is 5.24. The van der Waals surface area contributed by atoms with Crippen molar-refractivity contribution in [2.75, 3.05) is 13.1 Å². The van der Waals surface area contributed by atoms with Crippen molar-refractivity contribution >= 4 is 5.97 Å². The summed E-state index contributed by atoms with van der Waals surface area (Å²) < 4.78 is 0. The molecule has 0 aliphatic carbocycles. The van der Waals surface area contributed by atoms with Gasteiger partial charge in [-0.2, -0.15) is 0 Å². The Labute approximate surface area is 191 Å². The number of rotatable bonds is 9. The molecule has 0 saturated carbocycles. The van der Waals surface area contributed by atoms with Gasteiger partial charge in [0.05, 0.1) is 11.6 Å². The summed E-state index contributed by atoms with van der Waals surface area (Å²) in [5.74, 6) is -1.10. The fourth-order valence-corrected chi connectivity index (χ4v) is 3.69. The maximum absolute atomic E-state index is 11.9. The minimum absolute atomic E-state index is 0.898. The fourth-order valence-electron chi connectivity index (χ4n) is 3.69. The van der Waals surface area contributed by atoms with Gasteiger partial charge in [-0.15, -0.1) is 0 Å². The van der Waals surface area contributed by atoms with Crippen LogP contribution in [0, 0.1) is 0 Å². The second kappa shape index (κ2) is 12.8. The molecule has 0 aliphatic heterocycles. The van der Waals surface area contributed by atoms with Crippen molar-refractivity contribution in [3.63, 3.8) is 0 Å². The highest BCUT2D eigenvalue weighted by atomic mass is 16.4. The van der Waals surface area contributed by atoms with E-state index in [0.717, 1.165) is 29.8 Å². The molecule has 0 fully saturated rings. The first-order chi connectivity index (χ1) is 15.5. The Morgan fingerprint density at radius 2 is 1.12 bits per heavy atom. The minimum atomic E-state index is -1.15. The molecule has 3 aromatic carbocycles. The lowest BCUT2D eigenvalue weighted by Crippen LogP contribution is -2.56. The molecule has 32 heavy (non-hydrogen) atoms. The van der Waals surface area contributed by atoms with E-state index in [1.165, 1.54) is 6.92 Å². The second-order valence-corrected chi connectivity index (χ2v) is 7.51. The Hall–Kier alpha value is -2.99. The number of carboxylic acids is 1. The Kier molecular flexibility index (Phi) is 10.1. The third kappa shape index (κ3) is 6.26. The van der Waals surface area contributed by atoms with Crippen LogP contribution in [-0.2, 0) is 10.3 Å². The average Bonchev–Trinajstić information content (AvgIpc) is 2.82. The summed E-state index contributed by atoms with van der Waals surface area (Å²) in [6, 6.07) is 28.0. The molecule has 0 aliphatic rings. The molecule has 0 saturated heterocycles. The zero-order valence-electron chi connectivity index (χ0n) is 19.0. The van der Waals surface area contributed by atoms with Gasteiger partial charge in [-0.05, 0) is 36.7 Å². The predicted octanol–water partition coefficient (Wildman–Crippen LogP) is 4.02. The monoisotopic (exact) mass is 434 g/mol. The minimum Gasteiger partial charge on any atom is -0.480 e. The van der Waals surface area contributed by atoms with E-state index in [2.05, 4.69) is 24.5 Å². The number of hydrogen-bond donors (Lipinski definition) is 4. The highest BCUT2D eigenvalue weighted by molar-refractivity contribution is 5.75. The number of carbonyl (C=O) groups is 1. The van der Waals surface area contributed by atoms with E-state index in [1.54, 1.807) is 0 Å². The van der Waals surface area contributed by atoms with Crippen molar-refractivity contribution in [2.45, 2.75) is 38.5 Å². The highest BCUT2D eigenvalue weighted by Crippen LogP contribution is 2.37. The maximum atomic E-state index is 11.9. The van der Waals surface area contributed by atoms with Crippen LogP contribution in [0.25, 0.3) is 0 Å². The molecule has 0 spiro atoms. The van der Waals surface area contributed by atoms with Gasteiger partial charge < -0.3 is 15.5 Å². The highest BCUT2D eigenvalue weighted by Gasteiger charge is 2.41. The first-order valence-corrected chi connectivity index (χ1v) is 11.0. The van der Waals surface area contributed by atoms with Gasteiger partial charge >= 0.3 is 5.97 Å². The summed E-state index contributed by atoms with van der Waals surface area (Å²) in [4.78, 5) is 11.9. The van der Waals surface area contributed by atoms with Crippen LogP contribution in [0.5, 0.6) is 0 Å². The number of nitrogens with one attached hydrogen (secondary N) is 2. The standard InChI is InChI=1S/C23H23NO3.C4H11N/c1-17(25)21(22(26)27)24-23(18-11-5-2-6-12-18,19-13-7-3-8-14-19)20-15-9-4-10-16-20;1-3-5-4-2/h2-17,21,24-25H,1H3,(H,26,27);5H,3-4H2,1-2H3. The molecular formula is C27H34N2O3. The second-order valence-electron chi connectivity index (χ2n) is 7.51. The molecule has 4 N–H and O–H groups in total. The molecule has 5 nitrogen and oxygen atoms in total. The van der Waals surface area contributed by atoms with Crippen molar-refractivity contribution < 1.29 is 15.0 Å². The first-order valence-electron chi connectivity index (χ1n) is 11.0. The molecule has 0 heterocycles. The van der Waals surface area contributed by atoms with E-state index < -0.39 is 23.7 Å². The van der Waals surface area contributed by atoms with Crippen molar-refractivity contribution in [3.8, 4) is 0 Å². The van der Waals surface area contributed by atoms with Gasteiger partial charge in [-0.1, -0.05) is 105 Å². The third-order valence-corrected chi connectivity index (χ3v) is 5.24. The van der Waals surface area contributed by atoms with Gasteiger partial charge in [-0.25, -0.2) is 0 Å². The largest absolute Gasteiger partial charge is 0.480 e. The van der Waals surface area contributed by atoms with Gasteiger partial charge in [0, 0.05) is 0 Å². The Bertz CT molecular complexity index is 817. The summed E-state index contributed by atoms with van der Waals surface area (Å²) in [5.41, 5.74) is 1.77. The van der Waals surface area contributed by atoms with Crippen molar-refractivity contribution in [3.05, 3.63) is 108 Å². The van der Waals surface area contributed by atoms with Crippen LogP contribution in [0.4, 0.5) is 0 Å². The molecule has 3 aromatic rings. The number of aliphatic hydroxyl groups excluding tert-OH is 1. The number of carboxylic acid groups (broad SMARTS) is 1. The zero-order valence-corrected chi connectivity index (χ0v) is 19.0. The fraction of sp³-hybridized carbons (Fsp3) is 0.296. The molecule has 0 amide bonds. The van der Waals surface area contributed by atoms with Crippen LogP contribution < -0.4 is 10.6 Å². The number of aliphatic hydroxyl groups is 1. The number of aliphatic carboxylic acids is 1. The maximum Gasteiger partial charge on any atom is 0.323 e. The summed E-state index contributed by atoms with van der Waals surface area (Å²) in [6.45, 7) is 7.87. The van der Waals surface area contributed by atoms with E-state index in [-0.39, 0.29) is 0 Å². The Morgan fingerprint density at radius 1 is 0.781 bits per heavy atom. The molecule has 3 rings (SSSR count). The van der Waals surface area contributed by atoms with E-state index in [1.807, 2.05) is 91.0 Å². The van der Waals surface area contributed by atoms with Gasteiger partial charge in [0.15, 0.2) is 0 Å². The molecule has 0 radical (unpaired) electrons. The normalized spacial score (nSPS) is 12.9. The van der Waals surface area contributed by atoms with Gasteiger partial charge in [0.2, 0.25) is 0 Å². The van der Waals surface area contributed by atoms with E-state index in [4.69, 9.17) is 0 Å². The van der Waals surface area contributed by atoms with E-state index >= 15 is 0 Å². The first kappa shape index (κ1) is 25.3. The Balaban J connectivity index is 0.000000654. The van der Waals surface area contributed by atoms with Crippen LogP contribution in [0.2, 0.25) is 0 Å². The molecule has 0 aromatic heterocycles. The van der Waals surface area contributed by atoms with Gasteiger partial charge in [-0.3, -0.25) is 10.1 Å². The smallest absolute Gasteiger partial charge is 0.323 e. The summed E-state index contributed by atoms with van der Waals surface area (Å²) >= 11 is 0. The molecule has 5 heteroatoms. The summed E-state index contributed by atoms with van der Waals surface area (Å²) in [6.07, 6.45) is -1.07. The molecule has 170 valence electrons. The van der Waals surface area contributed by atoms with Crippen LogP contribution in [-0.4, -0.2) is 41.4 Å². The lowest BCUT2D eigenvalue weighted by molar-refractivity contribution is -0.142. The molecule has 2 atom stereocenters. The zero-order chi connectivity index (χ0) is 23.4. The van der Waals surface area contributed by atoms with Gasteiger partial charge in [0.1, 0.15) is 6.04 Å². The van der Waals surface area contributed by atoms with Crippen molar-refractivity contribution in [1.82, 2.24) is 10.6 Å². The predicted molar refractivity (Wildman–Crippen MR) is 130 cm³/mol. The van der Waals surface area contributed by atoms with Crippen LogP contribution in [0.3, 0.4) is 0 Å². The quantitative estimate of drug-likeness (QED) is 0.383. The average molecular weight is 435 g/mol. The molecule has 0 bridgehead atoms. The SMILES string of the molecule is CC(O)C(NC(c1ccccc1)(c1ccccc1)c1ccccc1)C(=O)O.CCNCC. The number of hydrogen-bond acceptors (Lipinski definition) is 4. The molecular weight excluding hydrogens is 400 g/mol. The lowest BCUT2D eigenvalue weighted by Gasteiger charge is -2.39. The number of benzene rings is 3. The van der Waals surface area contributed by atoms with Crippen molar-refractivity contribution in [1.29, 1.82) is 0 Å². The lowest BCUT2D eigenvalue weighted by atomic mass is 9.76. The topological polar surface area (TPSA) is 81.6 Å². The van der Waals surface area contributed by atoms with E-state index in [0.29, 0.717) is 0 Å². The summed E-state index contributed by atoms with van der Waals surface area (Å²) in [7, 11) is 0.